The second kappa shape index (κ2) is 2.47. The summed E-state index contributed by atoms with van der Waals surface area (Å²) in [6.45, 7) is 4.31. The summed E-state index contributed by atoms with van der Waals surface area (Å²) in [7, 11) is 0. The molecule has 1 saturated carbocycles. The molecule has 0 aromatic heterocycles. The van der Waals surface area contributed by atoms with E-state index in [0.29, 0.717) is 6.04 Å². The largest absolute Gasteiger partial charge is 0.291 e. The normalized spacial score (nSPS) is 37.9. The molecule has 2 atom stereocenters. The predicted octanol–water partition coefficient (Wildman–Crippen LogP) is 2.43. The van der Waals surface area contributed by atoms with Crippen molar-refractivity contribution in [2.24, 2.45) is 16.8 Å². The van der Waals surface area contributed by atoms with Crippen LogP contribution in [0.4, 0.5) is 0 Å². The van der Waals surface area contributed by atoms with E-state index < -0.39 is 0 Å². The van der Waals surface area contributed by atoms with Gasteiger partial charge in [-0.2, -0.15) is 0 Å². The first kappa shape index (κ1) is 7.08. The van der Waals surface area contributed by atoms with Gasteiger partial charge in [0.1, 0.15) is 0 Å². The van der Waals surface area contributed by atoms with Crippen LogP contribution < -0.4 is 0 Å². The summed E-state index contributed by atoms with van der Waals surface area (Å²) in [5, 5.41) is 0. The molecule has 1 nitrogen and oxygen atoms in total. The van der Waals surface area contributed by atoms with Crippen LogP contribution in [0.2, 0.25) is 0 Å². The van der Waals surface area contributed by atoms with Crippen LogP contribution in [0, 0.1) is 11.8 Å². The van der Waals surface area contributed by atoms with Crippen LogP contribution in [0.5, 0.6) is 0 Å². The molecule has 0 heterocycles. The van der Waals surface area contributed by atoms with Crippen molar-refractivity contribution in [1.82, 2.24) is 0 Å². The Bertz CT molecular complexity index is 213. The zero-order valence-electron chi connectivity index (χ0n) is 7.25. The Hall–Kier alpha value is -0.590. The maximum absolute atomic E-state index is 4.60. The van der Waals surface area contributed by atoms with E-state index in [1.165, 1.54) is 18.6 Å². The van der Waals surface area contributed by atoms with E-state index in [2.05, 4.69) is 31.0 Å². The van der Waals surface area contributed by atoms with Crippen LogP contribution in [0.1, 0.15) is 26.7 Å². The molecular formula is C10H15N. The van der Waals surface area contributed by atoms with E-state index in [9.17, 15) is 0 Å². The highest BCUT2D eigenvalue weighted by Gasteiger charge is 2.37. The molecule has 0 radical (unpaired) electrons. The van der Waals surface area contributed by atoms with Gasteiger partial charge in [-0.15, -0.1) is 0 Å². The van der Waals surface area contributed by atoms with Crippen molar-refractivity contribution in [2.75, 3.05) is 0 Å². The van der Waals surface area contributed by atoms with Gasteiger partial charge in [0.2, 0.25) is 0 Å². The average Bonchev–Trinajstić information content (AvgIpc) is 2.26. The number of hydrogen-bond donors (Lipinski definition) is 0. The highest BCUT2D eigenvalue weighted by atomic mass is 14.8. The molecule has 60 valence electrons. The third-order valence-corrected chi connectivity index (χ3v) is 2.59. The van der Waals surface area contributed by atoms with Crippen molar-refractivity contribution in [3.8, 4) is 0 Å². The Morgan fingerprint density at radius 1 is 1.55 bits per heavy atom. The van der Waals surface area contributed by atoms with Gasteiger partial charge in [-0.25, -0.2) is 0 Å². The summed E-state index contributed by atoms with van der Waals surface area (Å²) >= 11 is 0. The third-order valence-electron chi connectivity index (χ3n) is 2.59. The monoisotopic (exact) mass is 149 g/mol. The Labute approximate surface area is 68.2 Å². The smallest absolute Gasteiger partial charge is 0.0442 e. The van der Waals surface area contributed by atoms with Gasteiger partial charge in [-0.3, -0.25) is 4.99 Å². The highest BCUT2D eigenvalue weighted by Crippen LogP contribution is 2.40. The lowest BCUT2D eigenvalue weighted by Gasteiger charge is -2.32. The SMILES string of the molecule is CC(C)N=C1C[C@H]2C=CC[C@@H]12. The Morgan fingerprint density at radius 2 is 2.36 bits per heavy atom. The maximum Gasteiger partial charge on any atom is 0.0442 e. The second-order valence-corrected chi connectivity index (χ2v) is 3.85. The minimum atomic E-state index is 0.492. The average molecular weight is 149 g/mol. The van der Waals surface area contributed by atoms with Gasteiger partial charge in [-0.1, -0.05) is 12.2 Å². The van der Waals surface area contributed by atoms with Crippen LogP contribution in [-0.4, -0.2) is 11.8 Å². The summed E-state index contributed by atoms with van der Waals surface area (Å²) in [5.41, 5.74) is 1.47. The molecule has 0 aliphatic heterocycles. The molecule has 0 saturated heterocycles. The molecule has 1 fully saturated rings. The number of rotatable bonds is 1. The molecule has 1 heteroatoms. The molecule has 0 aromatic rings. The summed E-state index contributed by atoms with van der Waals surface area (Å²) < 4.78 is 0. The quantitative estimate of drug-likeness (QED) is 0.508. The number of hydrogen-bond acceptors (Lipinski definition) is 1. The van der Waals surface area contributed by atoms with E-state index in [-0.39, 0.29) is 0 Å². The lowest BCUT2D eigenvalue weighted by atomic mass is 9.74. The first-order chi connectivity index (χ1) is 5.27. The van der Waals surface area contributed by atoms with E-state index in [0.717, 1.165) is 11.8 Å². The van der Waals surface area contributed by atoms with Gasteiger partial charge in [0.05, 0.1) is 0 Å². The molecular weight excluding hydrogens is 134 g/mol. The summed E-state index contributed by atoms with van der Waals surface area (Å²) in [5.74, 6) is 1.66. The Morgan fingerprint density at radius 3 is 3.00 bits per heavy atom. The molecule has 0 N–H and O–H groups in total. The fourth-order valence-electron chi connectivity index (χ4n) is 2.01. The number of nitrogens with zero attached hydrogens (tertiary/aromatic N) is 1. The van der Waals surface area contributed by atoms with Crippen LogP contribution >= 0.6 is 0 Å². The summed E-state index contributed by atoms with van der Waals surface area (Å²) in [4.78, 5) is 4.60. The van der Waals surface area contributed by atoms with Crippen LogP contribution in [0.25, 0.3) is 0 Å². The van der Waals surface area contributed by atoms with Crippen LogP contribution in [0.15, 0.2) is 17.1 Å². The van der Waals surface area contributed by atoms with Crippen molar-refractivity contribution < 1.29 is 0 Å². The van der Waals surface area contributed by atoms with E-state index >= 15 is 0 Å². The molecule has 0 bridgehead atoms. The summed E-state index contributed by atoms with van der Waals surface area (Å²) in [6, 6.07) is 0.492. The molecule has 2 rings (SSSR count). The first-order valence-corrected chi connectivity index (χ1v) is 4.50. The molecule has 0 spiro atoms. The minimum absolute atomic E-state index is 0.492. The predicted molar refractivity (Wildman–Crippen MR) is 47.9 cm³/mol. The third kappa shape index (κ3) is 1.13. The number of fused-ring (bicyclic) bond motifs is 1. The standard InChI is InChI=1S/C10H15N/c1-7(2)11-10-6-8-4-3-5-9(8)10/h3-4,7-9H,5-6H2,1-2H3/t8-,9-/m1/s1. The second-order valence-electron chi connectivity index (χ2n) is 3.85. The van der Waals surface area contributed by atoms with Gasteiger partial charge >= 0.3 is 0 Å². The lowest BCUT2D eigenvalue weighted by molar-refractivity contribution is 0.462. The van der Waals surface area contributed by atoms with Crippen LogP contribution in [0.3, 0.4) is 0 Å². The zero-order valence-corrected chi connectivity index (χ0v) is 7.25. The fraction of sp³-hybridized carbons (Fsp3) is 0.700. The number of aliphatic imine (C=N–C) groups is 1. The fourth-order valence-corrected chi connectivity index (χ4v) is 2.01. The zero-order chi connectivity index (χ0) is 7.84. The van der Waals surface area contributed by atoms with Gasteiger partial charge in [-0.05, 0) is 32.6 Å². The summed E-state index contributed by atoms with van der Waals surface area (Å²) in [6.07, 6.45) is 7.14. The van der Waals surface area contributed by atoms with Gasteiger partial charge in [0.25, 0.3) is 0 Å². The Balaban J connectivity index is 2.02. The highest BCUT2D eigenvalue weighted by molar-refractivity contribution is 5.94. The van der Waals surface area contributed by atoms with Gasteiger partial charge < -0.3 is 0 Å². The molecule has 0 amide bonds. The van der Waals surface area contributed by atoms with Crippen LogP contribution in [-0.2, 0) is 0 Å². The Kier molecular flexibility index (Phi) is 1.59. The van der Waals surface area contributed by atoms with Gasteiger partial charge in [0, 0.05) is 17.7 Å². The molecule has 2 aliphatic rings. The number of allylic oxidation sites excluding steroid dienone is 2. The first-order valence-electron chi connectivity index (χ1n) is 4.50. The minimum Gasteiger partial charge on any atom is -0.291 e. The lowest BCUT2D eigenvalue weighted by Crippen LogP contribution is -2.33. The topological polar surface area (TPSA) is 12.4 Å². The maximum atomic E-state index is 4.60. The van der Waals surface area contributed by atoms with Crippen molar-refractivity contribution in [3.05, 3.63) is 12.2 Å². The van der Waals surface area contributed by atoms with Crippen molar-refractivity contribution >= 4 is 5.71 Å². The molecule has 0 aromatic carbocycles. The van der Waals surface area contributed by atoms with E-state index in [1.54, 1.807) is 0 Å². The van der Waals surface area contributed by atoms with E-state index in [4.69, 9.17) is 0 Å². The molecule has 0 unspecified atom stereocenters. The van der Waals surface area contributed by atoms with Crippen molar-refractivity contribution in [2.45, 2.75) is 32.7 Å². The van der Waals surface area contributed by atoms with Crippen molar-refractivity contribution in [1.29, 1.82) is 0 Å². The molecule has 11 heavy (non-hydrogen) atoms. The molecule has 2 aliphatic carbocycles. The van der Waals surface area contributed by atoms with Gasteiger partial charge in [0.15, 0.2) is 0 Å². The van der Waals surface area contributed by atoms with Crippen molar-refractivity contribution in [3.63, 3.8) is 0 Å². The van der Waals surface area contributed by atoms with E-state index in [1.807, 2.05) is 0 Å².